The van der Waals surface area contributed by atoms with Crippen LogP contribution < -0.4 is 5.32 Å². The topological polar surface area (TPSA) is 41.6 Å². The molecule has 0 radical (unpaired) electrons. The first-order chi connectivity index (χ1) is 8.06. The molecule has 1 atom stereocenters. The quantitative estimate of drug-likeness (QED) is 0.626. The Labute approximate surface area is 106 Å². The minimum absolute atomic E-state index is 0.143. The molecule has 0 fully saturated rings. The fourth-order valence-electron chi connectivity index (χ4n) is 1.83. The lowest BCUT2D eigenvalue weighted by Crippen LogP contribution is -2.41. The zero-order valence-electron chi connectivity index (χ0n) is 12.0. The van der Waals surface area contributed by atoms with E-state index in [0.717, 1.165) is 25.9 Å². The van der Waals surface area contributed by atoms with Gasteiger partial charge >= 0.3 is 5.97 Å². The van der Waals surface area contributed by atoms with E-state index in [4.69, 9.17) is 4.74 Å². The number of nitrogens with one attached hydrogen (secondary N) is 1. The maximum absolute atomic E-state index is 11.6. The molecule has 102 valence electrons. The van der Waals surface area contributed by atoms with Gasteiger partial charge in [-0.25, -0.2) is 0 Å². The van der Waals surface area contributed by atoms with Gasteiger partial charge in [0.15, 0.2) is 0 Å². The SMILES string of the molecule is CCCN(CCC(NC)C(=O)OCC)C(C)C. The highest BCUT2D eigenvalue weighted by atomic mass is 16.5. The highest BCUT2D eigenvalue weighted by Crippen LogP contribution is 2.04. The van der Waals surface area contributed by atoms with Crippen molar-refractivity contribution in [3.05, 3.63) is 0 Å². The lowest BCUT2D eigenvalue weighted by atomic mass is 10.1. The molecule has 0 heterocycles. The predicted octanol–water partition coefficient (Wildman–Crippen LogP) is 1.65. The third-order valence-electron chi connectivity index (χ3n) is 2.87. The van der Waals surface area contributed by atoms with E-state index < -0.39 is 0 Å². The maximum Gasteiger partial charge on any atom is 0.323 e. The average Bonchev–Trinajstić information content (AvgIpc) is 2.28. The summed E-state index contributed by atoms with van der Waals surface area (Å²) in [4.78, 5) is 14.0. The Bertz CT molecular complexity index is 208. The van der Waals surface area contributed by atoms with Crippen molar-refractivity contribution in [1.29, 1.82) is 0 Å². The Morgan fingerprint density at radius 3 is 2.35 bits per heavy atom. The van der Waals surface area contributed by atoms with E-state index in [2.05, 4.69) is 31.0 Å². The fraction of sp³-hybridized carbons (Fsp3) is 0.923. The molecule has 0 aromatic heterocycles. The van der Waals surface area contributed by atoms with Gasteiger partial charge < -0.3 is 15.0 Å². The van der Waals surface area contributed by atoms with Crippen LogP contribution in [0.15, 0.2) is 0 Å². The van der Waals surface area contributed by atoms with E-state index in [1.807, 2.05) is 6.92 Å². The van der Waals surface area contributed by atoms with E-state index in [1.165, 1.54) is 0 Å². The number of carbonyl (C=O) groups excluding carboxylic acids is 1. The second kappa shape index (κ2) is 9.42. The molecule has 0 saturated carbocycles. The van der Waals surface area contributed by atoms with Gasteiger partial charge in [-0.2, -0.15) is 0 Å². The van der Waals surface area contributed by atoms with Crippen molar-refractivity contribution < 1.29 is 9.53 Å². The summed E-state index contributed by atoms with van der Waals surface area (Å²) >= 11 is 0. The number of likely N-dealkylation sites (N-methyl/N-ethyl adjacent to an activating group) is 1. The monoisotopic (exact) mass is 244 g/mol. The van der Waals surface area contributed by atoms with Crippen molar-refractivity contribution in [1.82, 2.24) is 10.2 Å². The van der Waals surface area contributed by atoms with E-state index in [9.17, 15) is 4.79 Å². The van der Waals surface area contributed by atoms with Crippen LogP contribution in [0.2, 0.25) is 0 Å². The summed E-state index contributed by atoms with van der Waals surface area (Å²) in [5, 5.41) is 3.02. The summed E-state index contributed by atoms with van der Waals surface area (Å²) in [7, 11) is 1.81. The second-order valence-corrected chi connectivity index (χ2v) is 4.51. The molecule has 0 spiro atoms. The minimum Gasteiger partial charge on any atom is -0.465 e. The van der Waals surface area contributed by atoms with Gasteiger partial charge in [0.25, 0.3) is 0 Å². The molecular weight excluding hydrogens is 216 g/mol. The van der Waals surface area contributed by atoms with Crippen LogP contribution in [0.25, 0.3) is 0 Å². The zero-order valence-corrected chi connectivity index (χ0v) is 12.0. The number of hydrogen-bond donors (Lipinski definition) is 1. The standard InChI is InChI=1S/C13H28N2O2/c1-6-9-15(11(3)4)10-8-12(14-5)13(16)17-7-2/h11-12,14H,6-10H2,1-5H3. The average molecular weight is 244 g/mol. The lowest BCUT2D eigenvalue weighted by Gasteiger charge is -2.27. The Hall–Kier alpha value is -0.610. The third-order valence-corrected chi connectivity index (χ3v) is 2.87. The van der Waals surface area contributed by atoms with Crippen molar-refractivity contribution in [2.24, 2.45) is 0 Å². The van der Waals surface area contributed by atoms with Gasteiger partial charge in [-0.1, -0.05) is 6.92 Å². The smallest absolute Gasteiger partial charge is 0.323 e. The number of esters is 1. The molecule has 1 unspecified atom stereocenters. The minimum atomic E-state index is -0.187. The Morgan fingerprint density at radius 1 is 1.29 bits per heavy atom. The zero-order chi connectivity index (χ0) is 13.3. The van der Waals surface area contributed by atoms with E-state index >= 15 is 0 Å². The lowest BCUT2D eigenvalue weighted by molar-refractivity contribution is -0.145. The highest BCUT2D eigenvalue weighted by Gasteiger charge is 2.19. The fourth-order valence-corrected chi connectivity index (χ4v) is 1.83. The molecule has 0 rings (SSSR count). The van der Waals surface area contributed by atoms with E-state index in [-0.39, 0.29) is 12.0 Å². The molecule has 0 aliphatic carbocycles. The molecule has 0 saturated heterocycles. The summed E-state index contributed by atoms with van der Waals surface area (Å²) in [6, 6.07) is 0.336. The predicted molar refractivity (Wildman–Crippen MR) is 71.1 cm³/mol. The molecule has 4 nitrogen and oxygen atoms in total. The number of rotatable bonds is 9. The Kier molecular flexibility index (Phi) is 9.09. The summed E-state index contributed by atoms with van der Waals surface area (Å²) in [5.41, 5.74) is 0. The van der Waals surface area contributed by atoms with Crippen molar-refractivity contribution in [2.45, 2.75) is 52.6 Å². The van der Waals surface area contributed by atoms with Gasteiger partial charge in [0.2, 0.25) is 0 Å². The molecule has 1 N–H and O–H groups in total. The highest BCUT2D eigenvalue weighted by molar-refractivity contribution is 5.75. The van der Waals surface area contributed by atoms with Crippen LogP contribution in [0.1, 0.15) is 40.5 Å². The van der Waals surface area contributed by atoms with Crippen molar-refractivity contribution >= 4 is 5.97 Å². The summed E-state index contributed by atoms with van der Waals surface area (Å²) in [6.07, 6.45) is 1.94. The first-order valence-corrected chi connectivity index (χ1v) is 6.64. The normalized spacial score (nSPS) is 13.1. The number of ether oxygens (including phenoxy) is 1. The molecule has 17 heavy (non-hydrogen) atoms. The Balaban J connectivity index is 4.14. The van der Waals surface area contributed by atoms with Gasteiger partial charge in [-0.3, -0.25) is 4.79 Å². The van der Waals surface area contributed by atoms with Gasteiger partial charge in [0, 0.05) is 12.6 Å². The molecule has 0 aromatic carbocycles. The largest absolute Gasteiger partial charge is 0.465 e. The number of carbonyl (C=O) groups is 1. The van der Waals surface area contributed by atoms with Gasteiger partial charge in [0.1, 0.15) is 6.04 Å². The molecular formula is C13H28N2O2. The number of hydrogen-bond acceptors (Lipinski definition) is 4. The third kappa shape index (κ3) is 6.64. The molecule has 0 aromatic rings. The van der Waals surface area contributed by atoms with E-state index in [0.29, 0.717) is 12.6 Å². The van der Waals surface area contributed by atoms with Gasteiger partial charge in [0.05, 0.1) is 6.61 Å². The van der Waals surface area contributed by atoms with Gasteiger partial charge in [-0.15, -0.1) is 0 Å². The molecule has 0 amide bonds. The summed E-state index contributed by atoms with van der Waals surface area (Å²) in [5.74, 6) is -0.143. The summed E-state index contributed by atoms with van der Waals surface area (Å²) < 4.78 is 5.03. The van der Waals surface area contributed by atoms with Crippen LogP contribution in [0, 0.1) is 0 Å². The van der Waals surface area contributed by atoms with Crippen molar-refractivity contribution in [3.63, 3.8) is 0 Å². The first kappa shape index (κ1) is 16.4. The molecule has 4 heteroatoms. The molecule has 0 aliphatic heterocycles. The van der Waals surface area contributed by atoms with Crippen molar-refractivity contribution in [3.8, 4) is 0 Å². The maximum atomic E-state index is 11.6. The van der Waals surface area contributed by atoms with Crippen LogP contribution >= 0.6 is 0 Å². The second-order valence-electron chi connectivity index (χ2n) is 4.51. The van der Waals surface area contributed by atoms with Crippen molar-refractivity contribution in [2.75, 3.05) is 26.7 Å². The molecule has 0 aliphatic rings. The van der Waals surface area contributed by atoms with Crippen LogP contribution in [0.3, 0.4) is 0 Å². The van der Waals surface area contributed by atoms with Crippen LogP contribution in [-0.4, -0.2) is 49.7 Å². The van der Waals surface area contributed by atoms with Crippen LogP contribution in [0.5, 0.6) is 0 Å². The summed E-state index contributed by atoms with van der Waals surface area (Å²) in [6.45, 7) is 10.8. The molecule has 0 bridgehead atoms. The van der Waals surface area contributed by atoms with Crippen LogP contribution in [0.4, 0.5) is 0 Å². The van der Waals surface area contributed by atoms with E-state index in [1.54, 1.807) is 7.05 Å². The van der Waals surface area contributed by atoms with Crippen LogP contribution in [-0.2, 0) is 9.53 Å². The number of nitrogens with zero attached hydrogens (tertiary/aromatic N) is 1. The Morgan fingerprint density at radius 2 is 1.94 bits per heavy atom. The van der Waals surface area contributed by atoms with Gasteiger partial charge in [-0.05, 0) is 47.2 Å². The first-order valence-electron chi connectivity index (χ1n) is 6.64.